The van der Waals surface area contributed by atoms with Gasteiger partial charge in [-0.25, -0.2) is 10.2 Å². The number of anilines is 1. The number of amides is 2. The van der Waals surface area contributed by atoms with E-state index in [0.29, 0.717) is 46.0 Å². The van der Waals surface area contributed by atoms with E-state index in [1.165, 1.54) is 6.21 Å². The molecule has 0 heterocycles. The van der Waals surface area contributed by atoms with E-state index in [1.807, 2.05) is 26.0 Å². The number of methoxy groups -OCH3 is 1. The van der Waals surface area contributed by atoms with Gasteiger partial charge >= 0.3 is 5.97 Å². The number of hydrogen-bond acceptors (Lipinski definition) is 7. The zero-order valence-electron chi connectivity index (χ0n) is 22.8. The molecule has 0 aliphatic carbocycles. The molecule has 2 N–H and O–H groups in total. The van der Waals surface area contributed by atoms with Crippen molar-refractivity contribution in [2.75, 3.05) is 19.0 Å². The fourth-order valence-electron chi connectivity index (χ4n) is 3.77. The van der Waals surface area contributed by atoms with Crippen molar-refractivity contribution in [2.24, 2.45) is 5.10 Å². The Labute approximate surface area is 237 Å². The average Bonchev–Trinajstić information content (AvgIpc) is 2.99. The maximum atomic E-state index is 12.6. The molecule has 4 rings (SSSR count). The summed E-state index contributed by atoms with van der Waals surface area (Å²) in [7, 11) is 1.55. The molecule has 0 aliphatic heterocycles. The predicted octanol–water partition coefficient (Wildman–Crippen LogP) is 5.64. The minimum Gasteiger partial charge on any atom is -0.497 e. The second kappa shape index (κ2) is 13.6. The number of hydrazone groups is 1. The van der Waals surface area contributed by atoms with Crippen LogP contribution in [-0.2, 0) is 0 Å². The van der Waals surface area contributed by atoms with Crippen molar-refractivity contribution in [3.8, 4) is 17.2 Å². The number of aryl methyl sites for hydroxylation is 1. The van der Waals surface area contributed by atoms with Gasteiger partial charge in [-0.3, -0.25) is 9.59 Å². The van der Waals surface area contributed by atoms with Crippen LogP contribution in [0.2, 0.25) is 0 Å². The summed E-state index contributed by atoms with van der Waals surface area (Å²) < 4.78 is 16.3. The van der Waals surface area contributed by atoms with E-state index in [1.54, 1.807) is 86.0 Å². The molecular weight excluding hydrogens is 522 g/mol. The summed E-state index contributed by atoms with van der Waals surface area (Å²) in [6, 6.07) is 25.3. The van der Waals surface area contributed by atoms with Gasteiger partial charge in [-0.05, 0) is 98.3 Å². The third kappa shape index (κ3) is 7.79. The summed E-state index contributed by atoms with van der Waals surface area (Å²) in [5.74, 6) is 0.0439. The van der Waals surface area contributed by atoms with E-state index in [4.69, 9.17) is 14.2 Å². The summed E-state index contributed by atoms with van der Waals surface area (Å²) in [6.07, 6.45) is 1.45. The highest BCUT2D eigenvalue weighted by Crippen LogP contribution is 2.29. The van der Waals surface area contributed by atoms with Crippen molar-refractivity contribution in [1.29, 1.82) is 0 Å². The van der Waals surface area contributed by atoms with Crippen molar-refractivity contribution in [2.45, 2.75) is 13.8 Å². The van der Waals surface area contributed by atoms with Crippen molar-refractivity contribution < 1.29 is 28.6 Å². The molecule has 4 aromatic rings. The molecule has 0 aromatic heterocycles. The Balaban J connectivity index is 1.35. The van der Waals surface area contributed by atoms with Gasteiger partial charge in [0.15, 0.2) is 11.5 Å². The minimum atomic E-state index is -0.539. The quantitative estimate of drug-likeness (QED) is 0.114. The Kier molecular flexibility index (Phi) is 9.45. The number of hydrogen-bond donors (Lipinski definition) is 2. The van der Waals surface area contributed by atoms with E-state index in [9.17, 15) is 14.4 Å². The Hall–Kier alpha value is -5.44. The molecule has 0 atom stereocenters. The lowest BCUT2D eigenvalue weighted by molar-refractivity contribution is 0.0728. The van der Waals surface area contributed by atoms with Gasteiger partial charge in [0.1, 0.15) is 5.75 Å². The number of nitrogens with zero attached hydrogens (tertiary/aromatic N) is 1. The van der Waals surface area contributed by atoms with E-state index in [2.05, 4.69) is 15.8 Å². The van der Waals surface area contributed by atoms with Crippen LogP contribution >= 0.6 is 0 Å². The van der Waals surface area contributed by atoms with Gasteiger partial charge in [-0.15, -0.1) is 0 Å². The fraction of sp³-hybridized carbons (Fsp3) is 0.125. The molecule has 9 heteroatoms. The fourth-order valence-corrected chi connectivity index (χ4v) is 3.77. The van der Waals surface area contributed by atoms with Crippen molar-refractivity contribution in [1.82, 2.24) is 5.43 Å². The van der Waals surface area contributed by atoms with Crippen LogP contribution in [-0.4, -0.2) is 37.7 Å². The molecule has 2 amide bonds. The van der Waals surface area contributed by atoms with E-state index >= 15 is 0 Å². The summed E-state index contributed by atoms with van der Waals surface area (Å²) in [6.45, 7) is 4.09. The molecule has 0 saturated heterocycles. The van der Waals surface area contributed by atoms with Gasteiger partial charge in [0, 0.05) is 16.8 Å². The SMILES string of the molecule is CCOc1cc(/C=N\NC(=O)c2ccc(NC(=O)c3cccc(C)c3)cc2)ccc1OC(=O)c1ccc(OC)cc1. The highest BCUT2D eigenvalue weighted by Gasteiger charge is 2.14. The minimum absolute atomic E-state index is 0.233. The largest absolute Gasteiger partial charge is 0.497 e. The number of benzene rings is 4. The first kappa shape index (κ1) is 28.6. The van der Waals surface area contributed by atoms with Crippen LogP contribution in [0.3, 0.4) is 0 Å². The number of nitrogens with one attached hydrogen (secondary N) is 2. The third-order valence-electron chi connectivity index (χ3n) is 5.86. The molecule has 0 radical (unpaired) electrons. The monoisotopic (exact) mass is 551 g/mol. The van der Waals surface area contributed by atoms with E-state index in [0.717, 1.165) is 5.56 Å². The molecule has 0 unspecified atom stereocenters. The summed E-state index contributed by atoms with van der Waals surface area (Å²) in [5.41, 5.74) is 5.93. The number of carbonyl (C=O) groups is 3. The first-order valence-electron chi connectivity index (χ1n) is 12.8. The van der Waals surface area contributed by atoms with Gasteiger partial charge in [0.2, 0.25) is 0 Å². The number of esters is 1. The molecule has 0 spiro atoms. The number of ether oxygens (including phenoxy) is 3. The second-order valence-corrected chi connectivity index (χ2v) is 8.86. The van der Waals surface area contributed by atoms with Gasteiger partial charge in [0.05, 0.1) is 25.5 Å². The van der Waals surface area contributed by atoms with E-state index in [-0.39, 0.29) is 11.7 Å². The van der Waals surface area contributed by atoms with Crippen LogP contribution in [0.25, 0.3) is 0 Å². The van der Waals surface area contributed by atoms with Crippen LogP contribution in [0.5, 0.6) is 17.2 Å². The van der Waals surface area contributed by atoms with Crippen LogP contribution in [0.1, 0.15) is 49.1 Å². The van der Waals surface area contributed by atoms with Gasteiger partial charge in [0.25, 0.3) is 11.8 Å². The first-order valence-corrected chi connectivity index (χ1v) is 12.8. The average molecular weight is 552 g/mol. The smallest absolute Gasteiger partial charge is 0.343 e. The molecular formula is C32H29N3O6. The molecule has 0 bridgehead atoms. The molecule has 9 nitrogen and oxygen atoms in total. The Bertz CT molecular complexity index is 1560. The predicted molar refractivity (Wildman–Crippen MR) is 156 cm³/mol. The standard InChI is InChI=1S/C32H29N3O6/c1-4-40-29-19-22(8-17-28(29)41-32(38)24-11-15-27(39-3)16-12-24)20-33-35-31(37)23-9-13-26(14-10-23)34-30(36)25-7-5-6-21(2)18-25/h5-20H,4H2,1-3H3,(H,34,36)(H,35,37)/b33-20-. The number of carbonyl (C=O) groups excluding carboxylic acids is 3. The Morgan fingerprint density at radius 3 is 2.22 bits per heavy atom. The van der Waals surface area contributed by atoms with Crippen LogP contribution in [0.15, 0.2) is 96.1 Å². The normalized spacial score (nSPS) is 10.6. The molecule has 0 aliphatic rings. The number of rotatable bonds is 10. The molecule has 41 heavy (non-hydrogen) atoms. The lowest BCUT2D eigenvalue weighted by Crippen LogP contribution is -2.18. The molecule has 208 valence electrons. The lowest BCUT2D eigenvalue weighted by Gasteiger charge is -2.11. The summed E-state index contributed by atoms with van der Waals surface area (Å²) in [4.78, 5) is 37.6. The van der Waals surface area contributed by atoms with Crippen molar-refractivity contribution in [3.05, 3.63) is 119 Å². The molecule has 0 fully saturated rings. The highest BCUT2D eigenvalue weighted by atomic mass is 16.6. The zero-order valence-corrected chi connectivity index (χ0v) is 22.8. The topological polar surface area (TPSA) is 115 Å². The lowest BCUT2D eigenvalue weighted by atomic mass is 10.1. The van der Waals surface area contributed by atoms with Crippen LogP contribution < -0.4 is 25.0 Å². The summed E-state index contributed by atoms with van der Waals surface area (Å²) >= 11 is 0. The third-order valence-corrected chi connectivity index (χ3v) is 5.86. The summed E-state index contributed by atoms with van der Waals surface area (Å²) in [5, 5.41) is 6.84. The van der Waals surface area contributed by atoms with Crippen LogP contribution in [0, 0.1) is 6.92 Å². The second-order valence-electron chi connectivity index (χ2n) is 8.86. The Morgan fingerprint density at radius 2 is 1.54 bits per heavy atom. The maximum absolute atomic E-state index is 12.6. The Morgan fingerprint density at radius 1 is 0.805 bits per heavy atom. The van der Waals surface area contributed by atoms with Crippen molar-refractivity contribution in [3.63, 3.8) is 0 Å². The van der Waals surface area contributed by atoms with Crippen LogP contribution in [0.4, 0.5) is 5.69 Å². The van der Waals surface area contributed by atoms with E-state index < -0.39 is 11.9 Å². The zero-order chi connectivity index (χ0) is 29.2. The van der Waals surface area contributed by atoms with Gasteiger partial charge in [-0.1, -0.05) is 17.7 Å². The molecule has 4 aromatic carbocycles. The molecule has 0 saturated carbocycles. The maximum Gasteiger partial charge on any atom is 0.343 e. The highest BCUT2D eigenvalue weighted by molar-refractivity contribution is 6.04. The van der Waals surface area contributed by atoms with Gasteiger partial charge < -0.3 is 19.5 Å². The first-order chi connectivity index (χ1) is 19.9. The van der Waals surface area contributed by atoms with Gasteiger partial charge in [-0.2, -0.15) is 5.10 Å². The van der Waals surface area contributed by atoms with Crippen molar-refractivity contribution >= 4 is 29.7 Å².